The third-order valence-corrected chi connectivity index (χ3v) is 3.07. The Kier molecular flexibility index (Phi) is 5.14. The summed E-state index contributed by atoms with van der Waals surface area (Å²) in [7, 11) is 0. The Morgan fingerprint density at radius 1 is 1.06 bits per heavy atom. The van der Waals surface area contributed by atoms with E-state index >= 15 is 0 Å². The minimum absolute atomic E-state index is 0.0190. The summed E-state index contributed by atoms with van der Waals surface area (Å²) in [5.74, 6) is -0.225. The van der Waals surface area contributed by atoms with Gasteiger partial charge in [0.2, 0.25) is 5.91 Å². The molecule has 0 aromatic rings. The molecule has 0 bridgehead atoms. The number of carbonyl (C=O) groups excluding carboxylic acids is 2. The zero-order valence-electron chi connectivity index (χ0n) is 11.7. The van der Waals surface area contributed by atoms with Gasteiger partial charge in [-0.25, -0.2) is 4.79 Å². The van der Waals surface area contributed by atoms with Crippen molar-refractivity contribution in [3.05, 3.63) is 0 Å². The van der Waals surface area contributed by atoms with Crippen LogP contribution in [-0.4, -0.2) is 24.0 Å². The van der Waals surface area contributed by atoms with Crippen LogP contribution in [0.3, 0.4) is 0 Å². The fourth-order valence-electron chi connectivity index (χ4n) is 1.93. The summed E-state index contributed by atoms with van der Waals surface area (Å²) in [6.45, 7) is 7.01. The molecule has 0 aliphatic heterocycles. The number of hydrogen-bond acceptors (Lipinski definition) is 4. The van der Waals surface area contributed by atoms with Crippen molar-refractivity contribution in [1.29, 1.82) is 0 Å². The van der Waals surface area contributed by atoms with Gasteiger partial charge >= 0.3 is 5.97 Å². The van der Waals surface area contributed by atoms with Crippen molar-refractivity contribution in [2.75, 3.05) is 0 Å². The lowest BCUT2D eigenvalue weighted by Crippen LogP contribution is -2.43. The molecule has 5 heteroatoms. The second kappa shape index (κ2) is 6.18. The van der Waals surface area contributed by atoms with E-state index in [-0.39, 0.29) is 24.0 Å². The van der Waals surface area contributed by atoms with Gasteiger partial charge in [-0.15, -0.1) is 0 Å². The third kappa shape index (κ3) is 5.04. The van der Waals surface area contributed by atoms with Gasteiger partial charge in [0.1, 0.15) is 0 Å². The van der Waals surface area contributed by atoms with E-state index in [2.05, 4.69) is 10.8 Å². The maximum absolute atomic E-state index is 11.6. The van der Waals surface area contributed by atoms with E-state index in [1.54, 1.807) is 0 Å². The Morgan fingerprint density at radius 3 is 2.00 bits per heavy atom. The molecule has 0 aromatic carbocycles. The molecule has 18 heavy (non-hydrogen) atoms. The molecule has 0 atom stereocenters. The molecule has 1 aliphatic carbocycles. The van der Waals surface area contributed by atoms with Gasteiger partial charge in [0.25, 0.3) is 0 Å². The molecule has 0 saturated heterocycles. The summed E-state index contributed by atoms with van der Waals surface area (Å²) >= 11 is 0. The van der Waals surface area contributed by atoms with Crippen LogP contribution in [0.4, 0.5) is 0 Å². The second-order valence-corrected chi connectivity index (χ2v) is 6.01. The zero-order chi connectivity index (χ0) is 13.8. The quantitative estimate of drug-likeness (QED) is 0.751. The molecule has 1 saturated carbocycles. The van der Waals surface area contributed by atoms with Gasteiger partial charge in [0, 0.05) is 19.0 Å². The first-order valence-electron chi connectivity index (χ1n) is 6.53. The van der Waals surface area contributed by atoms with Crippen molar-refractivity contribution >= 4 is 11.9 Å². The highest BCUT2D eigenvalue weighted by atomic mass is 16.7. The van der Waals surface area contributed by atoms with Gasteiger partial charge in [-0.1, -0.05) is 0 Å². The Labute approximate surface area is 109 Å². The molecule has 1 fully saturated rings. The molecule has 1 aliphatic rings. The summed E-state index contributed by atoms with van der Waals surface area (Å²) in [6.07, 6.45) is 3.65. The lowest BCUT2D eigenvalue weighted by atomic mass is 9.91. The number of nitrogens with one attached hydrogen (secondary N) is 2. The van der Waals surface area contributed by atoms with E-state index in [0.717, 1.165) is 25.7 Å². The predicted molar refractivity (Wildman–Crippen MR) is 68.5 cm³/mol. The first kappa shape index (κ1) is 15.0. The molecule has 0 heterocycles. The van der Waals surface area contributed by atoms with Gasteiger partial charge in [0.05, 0.1) is 5.41 Å². The fraction of sp³-hybridized carbons (Fsp3) is 0.846. The first-order valence-corrected chi connectivity index (χ1v) is 6.53. The van der Waals surface area contributed by atoms with Gasteiger partial charge in [-0.05, 0) is 46.5 Å². The van der Waals surface area contributed by atoms with E-state index in [9.17, 15) is 9.59 Å². The summed E-state index contributed by atoms with van der Waals surface area (Å²) in [6, 6.07) is 0.458. The van der Waals surface area contributed by atoms with Crippen molar-refractivity contribution in [3.63, 3.8) is 0 Å². The second-order valence-electron chi connectivity index (χ2n) is 6.01. The van der Waals surface area contributed by atoms with Crippen LogP contribution in [0.25, 0.3) is 0 Å². The monoisotopic (exact) mass is 256 g/mol. The van der Waals surface area contributed by atoms with E-state index in [4.69, 9.17) is 4.84 Å². The van der Waals surface area contributed by atoms with Crippen molar-refractivity contribution < 1.29 is 14.4 Å². The summed E-state index contributed by atoms with van der Waals surface area (Å²) in [4.78, 5) is 27.6. The summed E-state index contributed by atoms with van der Waals surface area (Å²) in [5.41, 5.74) is 2.35. The maximum atomic E-state index is 11.6. The summed E-state index contributed by atoms with van der Waals surface area (Å²) < 4.78 is 0. The van der Waals surface area contributed by atoms with Crippen LogP contribution in [0.15, 0.2) is 0 Å². The molecule has 0 unspecified atom stereocenters. The smallest absolute Gasteiger partial charge is 0.329 e. The third-order valence-electron chi connectivity index (χ3n) is 3.07. The highest BCUT2D eigenvalue weighted by Crippen LogP contribution is 2.20. The van der Waals surface area contributed by atoms with Gasteiger partial charge < -0.3 is 10.2 Å². The van der Waals surface area contributed by atoms with E-state index in [1.807, 2.05) is 20.8 Å². The molecular weight excluding hydrogens is 232 g/mol. The molecule has 1 rings (SSSR count). The molecule has 0 radical (unpaired) electrons. The highest BCUT2D eigenvalue weighted by Gasteiger charge is 2.26. The van der Waals surface area contributed by atoms with Crippen molar-refractivity contribution in [3.8, 4) is 0 Å². The average molecular weight is 256 g/mol. The Balaban J connectivity index is 2.24. The van der Waals surface area contributed by atoms with Gasteiger partial charge in [-0.2, -0.15) is 5.48 Å². The van der Waals surface area contributed by atoms with Gasteiger partial charge in [0.15, 0.2) is 0 Å². The standard InChI is InChI=1S/C13H24N2O3/c1-9(16)14-10-5-7-11(8-6-10)15-18-12(17)13(2,3)4/h10-11,15H,5-8H2,1-4H3,(H,14,16). The lowest BCUT2D eigenvalue weighted by molar-refractivity contribution is -0.163. The first-order chi connectivity index (χ1) is 8.29. The topological polar surface area (TPSA) is 67.4 Å². The van der Waals surface area contributed by atoms with Crippen molar-refractivity contribution in [2.24, 2.45) is 5.41 Å². The molecule has 5 nitrogen and oxygen atoms in total. The highest BCUT2D eigenvalue weighted by molar-refractivity contribution is 5.75. The molecule has 1 amide bonds. The Bertz CT molecular complexity index is 302. The van der Waals surface area contributed by atoms with Crippen LogP contribution < -0.4 is 10.8 Å². The largest absolute Gasteiger partial charge is 0.370 e. The van der Waals surface area contributed by atoms with Crippen molar-refractivity contribution in [2.45, 2.75) is 65.5 Å². The maximum Gasteiger partial charge on any atom is 0.329 e. The Morgan fingerprint density at radius 2 is 1.56 bits per heavy atom. The van der Waals surface area contributed by atoms with Crippen LogP contribution >= 0.6 is 0 Å². The van der Waals surface area contributed by atoms with E-state index < -0.39 is 5.41 Å². The van der Waals surface area contributed by atoms with E-state index in [1.165, 1.54) is 6.92 Å². The fourth-order valence-corrected chi connectivity index (χ4v) is 1.93. The predicted octanol–water partition coefficient (Wildman–Crippen LogP) is 1.53. The minimum atomic E-state index is -0.486. The SMILES string of the molecule is CC(=O)NC1CCC(NOC(=O)C(C)(C)C)CC1. The molecule has 2 N–H and O–H groups in total. The van der Waals surface area contributed by atoms with Crippen LogP contribution in [-0.2, 0) is 14.4 Å². The number of rotatable bonds is 3. The van der Waals surface area contributed by atoms with Crippen molar-refractivity contribution in [1.82, 2.24) is 10.8 Å². The Hall–Kier alpha value is -1.10. The van der Waals surface area contributed by atoms with Crippen LogP contribution in [0.5, 0.6) is 0 Å². The van der Waals surface area contributed by atoms with Crippen LogP contribution in [0.1, 0.15) is 53.4 Å². The number of amides is 1. The normalized spacial score (nSPS) is 24.4. The molecular formula is C13H24N2O3. The molecule has 0 spiro atoms. The van der Waals surface area contributed by atoms with Gasteiger partial charge in [-0.3, -0.25) is 4.79 Å². The molecule has 104 valence electrons. The summed E-state index contributed by atoms with van der Waals surface area (Å²) in [5, 5.41) is 2.92. The van der Waals surface area contributed by atoms with E-state index in [0.29, 0.717) is 0 Å². The zero-order valence-corrected chi connectivity index (χ0v) is 11.7. The molecule has 0 aromatic heterocycles. The average Bonchev–Trinajstić information content (AvgIpc) is 2.25. The number of carbonyl (C=O) groups is 2. The minimum Gasteiger partial charge on any atom is -0.370 e. The lowest BCUT2D eigenvalue weighted by Gasteiger charge is -2.29. The van der Waals surface area contributed by atoms with Crippen LogP contribution in [0, 0.1) is 5.41 Å². The number of hydrogen-bond donors (Lipinski definition) is 2. The van der Waals surface area contributed by atoms with Crippen LogP contribution in [0.2, 0.25) is 0 Å². The number of hydroxylamine groups is 1.